The zero-order valence-corrected chi connectivity index (χ0v) is 15.9. The van der Waals surface area contributed by atoms with Crippen LogP contribution >= 0.6 is 7.80 Å². The molecule has 24 heavy (non-hydrogen) atoms. The van der Waals surface area contributed by atoms with Crippen molar-refractivity contribution in [2.45, 2.75) is 41.5 Å². The third-order valence-electron chi connectivity index (χ3n) is 4.15. The predicted octanol–water partition coefficient (Wildman–Crippen LogP) is 5.35. The second kappa shape index (κ2) is 6.78. The van der Waals surface area contributed by atoms with Crippen LogP contribution in [0.3, 0.4) is 0 Å². The van der Waals surface area contributed by atoms with Crippen molar-refractivity contribution in [3.8, 4) is 0 Å². The number of hydrogen-bond acceptors (Lipinski definition) is 3. The van der Waals surface area contributed by atoms with Gasteiger partial charge in [0.05, 0.1) is 11.1 Å². The molecule has 0 aliphatic heterocycles. The van der Waals surface area contributed by atoms with Crippen LogP contribution in [0.1, 0.15) is 54.1 Å². The molecule has 0 heterocycles. The molecule has 2 aromatic rings. The summed E-state index contributed by atoms with van der Waals surface area (Å²) in [5.74, 6) is 0. The van der Waals surface area contributed by atoms with Gasteiger partial charge in [-0.05, 0) is 63.8 Å². The standard InChI is InChI=1S/C20H22O3P/c1-11-7-13(3)17(14(4)8-11)19(21)24(23)20(22)18-15(5)9-12(2)10-16(18)6/h7-10H,1-6H3/q+1. The van der Waals surface area contributed by atoms with Gasteiger partial charge < -0.3 is 0 Å². The highest BCUT2D eigenvalue weighted by atomic mass is 31.1. The monoisotopic (exact) mass is 341 g/mol. The smallest absolute Gasteiger partial charge is 0.234 e. The predicted molar refractivity (Wildman–Crippen MR) is 97.6 cm³/mol. The number of hydrogen-bond donors (Lipinski definition) is 0. The molecule has 0 amide bonds. The highest BCUT2D eigenvalue weighted by molar-refractivity contribution is 7.80. The van der Waals surface area contributed by atoms with Gasteiger partial charge in [0.2, 0.25) is 0 Å². The fraction of sp³-hybridized carbons (Fsp3) is 0.300. The van der Waals surface area contributed by atoms with E-state index in [0.29, 0.717) is 11.1 Å². The molecular weight excluding hydrogens is 319 g/mol. The SMILES string of the molecule is Cc1cc(C)c(C(=O)[P+](=O)C(=O)c2c(C)cc(C)cc2C)c(C)c1. The third kappa shape index (κ3) is 3.37. The van der Waals surface area contributed by atoms with Crippen LogP contribution in [0.25, 0.3) is 0 Å². The summed E-state index contributed by atoms with van der Waals surface area (Å²) < 4.78 is 12.7. The molecule has 0 spiro atoms. The maximum atomic E-state index is 12.7. The summed E-state index contributed by atoms with van der Waals surface area (Å²) in [6.07, 6.45) is 0. The zero-order chi connectivity index (χ0) is 18.2. The third-order valence-corrected chi connectivity index (χ3v) is 5.34. The van der Waals surface area contributed by atoms with Crippen LogP contribution in [0.4, 0.5) is 0 Å². The second-order valence-corrected chi connectivity index (χ2v) is 7.85. The summed E-state index contributed by atoms with van der Waals surface area (Å²) in [7, 11) is -2.67. The van der Waals surface area contributed by atoms with Crippen LogP contribution in [0.5, 0.6) is 0 Å². The number of aryl methyl sites for hydroxylation is 6. The Kier molecular flexibility index (Phi) is 5.15. The first-order valence-corrected chi connectivity index (χ1v) is 9.11. The molecule has 3 nitrogen and oxygen atoms in total. The number of carbonyl (C=O) groups is 2. The lowest BCUT2D eigenvalue weighted by molar-refractivity contribution is 0.104. The number of carbonyl (C=O) groups excluding carboxylic acids is 2. The molecule has 0 N–H and O–H groups in total. The molecule has 0 bridgehead atoms. The average Bonchev–Trinajstić information content (AvgIpc) is 2.43. The molecule has 124 valence electrons. The van der Waals surface area contributed by atoms with Crippen molar-refractivity contribution < 1.29 is 14.2 Å². The minimum atomic E-state index is -2.67. The maximum Gasteiger partial charge on any atom is 0.501 e. The van der Waals surface area contributed by atoms with Crippen LogP contribution < -0.4 is 0 Å². The van der Waals surface area contributed by atoms with E-state index in [0.717, 1.165) is 33.4 Å². The molecule has 4 heteroatoms. The Balaban J connectivity index is 2.46. The highest BCUT2D eigenvalue weighted by Gasteiger charge is 2.42. The Morgan fingerprint density at radius 2 is 0.875 bits per heavy atom. The molecule has 0 fully saturated rings. The van der Waals surface area contributed by atoms with E-state index in [9.17, 15) is 14.2 Å². The van der Waals surface area contributed by atoms with Crippen molar-refractivity contribution in [1.82, 2.24) is 0 Å². The number of benzene rings is 2. The lowest BCUT2D eigenvalue weighted by Crippen LogP contribution is -2.08. The van der Waals surface area contributed by atoms with Gasteiger partial charge in [0.15, 0.2) is 0 Å². The van der Waals surface area contributed by atoms with E-state index in [1.807, 2.05) is 65.8 Å². The van der Waals surface area contributed by atoms with Crippen molar-refractivity contribution >= 4 is 18.8 Å². The quantitative estimate of drug-likeness (QED) is 0.705. The minimum absolute atomic E-state index is 0.400. The average molecular weight is 341 g/mol. The zero-order valence-electron chi connectivity index (χ0n) is 15.0. The van der Waals surface area contributed by atoms with E-state index >= 15 is 0 Å². The van der Waals surface area contributed by atoms with Crippen molar-refractivity contribution in [2.75, 3.05) is 0 Å². The van der Waals surface area contributed by atoms with Gasteiger partial charge in [0.1, 0.15) is 0 Å². The highest BCUT2D eigenvalue weighted by Crippen LogP contribution is 2.36. The molecule has 0 radical (unpaired) electrons. The van der Waals surface area contributed by atoms with Crippen LogP contribution in [-0.2, 0) is 4.57 Å². The molecule has 2 aromatic carbocycles. The van der Waals surface area contributed by atoms with Gasteiger partial charge in [-0.2, -0.15) is 0 Å². The lowest BCUT2D eigenvalue weighted by atomic mass is 10.0. The minimum Gasteiger partial charge on any atom is -0.234 e. The topological polar surface area (TPSA) is 51.2 Å². The Morgan fingerprint density at radius 1 is 0.625 bits per heavy atom. The first-order chi connectivity index (χ1) is 11.1. The molecule has 0 unspecified atom stereocenters. The summed E-state index contributed by atoms with van der Waals surface area (Å²) in [6, 6.07) is 7.49. The molecule has 0 atom stereocenters. The first-order valence-electron chi connectivity index (χ1n) is 7.85. The molecule has 0 aliphatic carbocycles. The molecule has 0 aliphatic rings. The van der Waals surface area contributed by atoms with Crippen molar-refractivity contribution in [3.05, 3.63) is 68.8 Å². The summed E-state index contributed by atoms with van der Waals surface area (Å²) in [5, 5.41) is 0. The summed E-state index contributed by atoms with van der Waals surface area (Å²) in [5.41, 5.74) is 4.74. The van der Waals surface area contributed by atoms with Crippen molar-refractivity contribution in [2.24, 2.45) is 0 Å². The van der Waals surface area contributed by atoms with Crippen LogP contribution in [0.2, 0.25) is 0 Å². The van der Waals surface area contributed by atoms with Gasteiger partial charge >= 0.3 is 18.8 Å². The van der Waals surface area contributed by atoms with Gasteiger partial charge in [-0.1, -0.05) is 40.0 Å². The van der Waals surface area contributed by atoms with E-state index in [4.69, 9.17) is 0 Å². The van der Waals surface area contributed by atoms with Crippen molar-refractivity contribution in [1.29, 1.82) is 0 Å². The molecular formula is C20H22O3P+. The fourth-order valence-corrected chi connectivity index (χ4v) is 4.63. The Morgan fingerprint density at radius 3 is 1.12 bits per heavy atom. The molecule has 0 aromatic heterocycles. The van der Waals surface area contributed by atoms with E-state index in [1.54, 1.807) is 0 Å². The van der Waals surface area contributed by atoms with Crippen molar-refractivity contribution in [3.63, 3.8) is 0 Å². The van der Waals surface area contributed by atoms with E-state index in [-0.39, 0.29) is 0 Å². The fourth-order valence-electron chi connectivity index (χ4n) is 3.33. The van der Waals surface area contributed by atoms with E-state index < -0.39 is 18.8 Å². The Hall–Kier alpha value is -2.12. The first kappa shape index (κ1) is 18.2. The maximum absolute atomic E-state index is 12.7. The Bertz CT molecular complexity index is 761. The normalized spacial score (nSPS) is 10.6. The largest absolute Gasteiger partial charge is 0.501 e. The summed E-state index contributed by atoms with van der Waals surface area (Å²) >= 11 is 0. The molecule has 0 saturated heterocycles. The van der Waals surface area contributed by atoms with Crippen LogP contribution in [0.15, 0.2) is 24.3 Å². The Labute approximate surface area is 143 Å². The number of rotatable bonds is 4. The van der Waals surface area contributed by atoms with Gasteiger partial charge in [-0.3, -0.25) is 0 Å². The molecule has 2 rings (SSSR count). The van der Waals surface area contributed by atoms with Gasteiger partial charge in [0, 0.05) is 0 Å². The summed E-state index contributed by atoms with van der Waals surface area (Å²) in [6.45, 7) is 11.1. The molecule has 0 saturated carbocycles. The van der Waals surface area contributed by atoms with Crippen LogP contribution in [0, 0.1) is 41.5 Å². The van der Waals surface area contributed by atoms with Crippen LogP contribution in [-0.4, -0.2) is 11.0 Å². The van der Waals surface area contributed by atoms with E-state index in [1.165, 1.54) is 0 Å². The summed E-state index contributed by atoms with van der Waals surface area (Å²) in [4.78, 5) is 25.4. The second-order valence-electron chi connectivity index (χ2n) is 6.45. The van der Waals surface area contributed by atoms with Gasteiger partial charge in [-0.25, -0.2) is 9.59 Å². The van der Waals surface area contributed by atoms with Gasteiger partial charge in [0.25, 0.3) is 0 Å². The van der Waals surface area contributed by atoms with Gasteiger partial charge in [-0.15, -0.1) is 0 Å². The lowest BCUT2D eigenvalue weighted by Gasteiger charge is -2.07. The van der Waals surface area contributed by atoms with E-state index in [2.05, 4.69) is 0 Å².